The Balaban J connectivity index is 1.84. The van der Waals surface area contributed by atoms with E-state index in [-0.39, 0.29) is 40.9 Å². The summed E-state index contributed by atoms with van der Waals surface area (Å²) in [5, 5.41) is 11.3. The van der Waals surface area contributed by atoms with E-state index in [0.717, 1.165) is 5.56 Å². The van der Waals surface area contributed by atoms with Gasteiger partial charge in [0.2, 0.25) is 0 Å². The van der Waals surface area contributed by atoms with E-state index in [0.29, 0.717) is 12.2 Å². The summed E-state index contributed by atoms with van der Waals surface area (Å²) in [5.74, 6) is -0.115. The molecule has 2 aromatic rings. The lowest BCUT2D eigenvalue weighted by Gasteiger charge is -2.19. The molecular weight excluding hydrogens is 334 g/mol. The third kappa shape index (κ3) is 4.08. The molecule has 0 spiro atoms. The van der Waals surface area contributed by atoms with Crippen LogP contribution in [0, 0.1) is 10.1 Å². The first kappa shape index (κ1) is 18.1. The van der Waals surface area contributed by atoms with Crippen molar-refractivity contribution in [1.82, 2.24) is 0 Å². The lowest BCUT2D eigenvalue weighted by molar-refractivity contribution is -0.385. The van der Waals surface area contributed by atoms with E-state index >= 15 is 0 Å². The predicted octanol–water partition coefficient (Wildman–Crippen LogP) is 3.90. The number of benzene rings is 2. The van der Waals surface area contributed by atoms with Crippen LogP contribution < -0.4 is 4.74 Å². The van der Waals surface area contributed by atoms with Crippen LogP contribution in [0.4, 0.5) is 5.69 Å². The highest BCUT2D eigenvalue weighted by molar-refractivity contribution is 6.09. The van der Waals surface area contributed by atoms with Crippen LogP contribution in [0.1, 0.15) is 42.3 Å². The van der Waals surface area contributed by atoms with Crippen molar-refractivity contribution in [1.29, 1.82) is 0 Å². The quantitative estimate of drug-likeness (QED) is 0.340. The van der Waals surface area contributed by atoms with Crippen molar-refractivity contribution in [3.63, 3.8) is 0 Å². The van der Waals surface area contributed by atoms with Gasteiger partial charge in [-0.05, 0) is 23.1 Å². The number of hydrogen-bond acceptors (Lipinski definition) is 5. The third-order valence-electron chi connectivity index (χ3n) is 4.26. The number of hydrogen-bond donors (Lipinski definition) is 0. The van der Waals surface area contributed by atoms with Gasteiger partial charge in [0.25, 0.3) is 0 Å². The summed E-state index contributed by atoms with van der Waals surface area (Å²) in [7, 11) is 0. The maximum absolute atomic E-state index is 12.7. The molecule has 0 bridgehead atoms. The molecule has 1 saturated heterocycles. The molecule has 0 saturated carbocycles. The Bertz CT molecular complexity index is 832. The Labute approximate surface area is 151 Å². The zero-order valence-corrected chi connectivity index (χ0v) is 15.0. The number of carbonyl (C=O) groups excluding carboxylic acids is 1. The highest BCUT2D eigenvalue weighted by Gasteiger charge is 2.26. The summed E-state index contributed by atoms with van der Waals surface area (Å²) in [6, 6.07) is 11.6. The Kier molecular flexibility index (Phi) is 4.78. The minimum absolute atomic E-state index is 0.00255. The number of nitrogens with zero attached hydrogens (tertiary/aromatic N) is 1. The Morgan fingerprint density at radius 2 is 1.81 bits per heavy atom. The van der Waals surface area contributed by atoms with E-state index in [9.17, 15) is 14.9 Å². The molecule has 1 atom stereocenters. The zero-order chi connectivity index (χ0) is 18.9. The van der Waals surface area contributed by atoms with Crippen molar-refractivity contribution < 1.29 is 19.2 Å². The molecule has 1 aliphatic heterocycles. The average molecular weight is 355 g/mol. The van der Waals surface area contributed by atoms with Crippen LogP contribution in [-0.4, -0.2) is 30.0 Å². The fourth-order valence-corrected chi connectivity index (χ4v) is 2.56. The van der Waals surface area contributed by atoms with Crippen LogP contribution in [0.2, 0.25) is 0 Å². The smallest absolute Gasteiger partial charge is 0.311 e. The van der Waals surface area contributed by atoms with Crippen LogP contribution >= 0.6 is 0 Å². The molecule has 1 aliphatic rings. The van der Waals surface area contributed by atoms with Gasteiger partial charge in [-0.15, -0.1) is 0 Å². The summed E-state index contributed by atoms with van der Waals surface area (Å²) in [5.41, 5.74) is 1.64. The second-order valence-corrected chi connectivity index (χ2v) is 7.36. The minimum atomic E-state index is -0.539. The summed E-state index contributed by atoms with van der Waals surface area (Å²) >= 11 is 0. The van der Waals surface area contributed by atoms with Crippen LogP contribution in [0.25, 0.3) is 0 Å². The molecule has 0 N–H and O–H groups in total. The monoisotopic (exact) mass is 355 g/mol. The van der Waals surface area contributed by atoms with Gasteiger partial charge >= 0.3 is 5.69 Å². The van der Waals surface area contributed by atoms with E-state index < -0.39 is 4.92 Å². The van der Waals surface area contributed by atoms with E-state index in [1.165, 1.54) is 12.1 Å². The van der Waals surface area contributed by atoms with Gasteiger partial charge in [-0.25, -0.2) is 0 Å². The second kappa shape index (κ2) is 6.88. The molecule has 6 nitrogen and oxygen atoms in total. The van der Waals surface area contributed by atoms with Crippen molar-refractivity contribution in [3.05, 3.63) is 69.3 Å². The van der Waals surface area contributed by atoms with Crippen molar-refractivity contribution in [2.24, 2.45) is 0 Å². The molecule has 0 aromatic heterocycles. The van der Waals surface area contributed by atoms with E-state index in [1.807, 2.05) is 12.1 Å². The number of ether oxygens (including phenoxy) is 2. The van der Waals surface area contributed by atoms with Crippen LogP contribution in [-0.2, 0) is 10.2 Å². The van der Waals surface area contributed by atoms with Gasteiger partial charge in [0.05, 0.1) is 11.5 Å². The van der Waals surface area contributed by atoms with Crippen molar-refractivity contribution >= 4 is 11.5 Å². The molecular formula is C20H21NO5. The number of nitro benzene ring substituents is 1. The van der Waals surface area contributed by atoms with Crippen molar-refractivity contribution in [3.8, 4) is 5.75 Å². The van der Waals surface area contributed by atoms with E-state index in [1.54, 1.807) is 18.2 Å². The van der Waals surface area contributed by atoms with Crippen molar-refractivity contribution in [2.45, 2.75) is 32.3 Å². The summed E-state index contributed by atoms with van der Waals surface area (Å²) in [4.78, 5) is 23.5. The van der Waals surface area contributed by atoms with E-state index in [2.05, 4.69) is 20.8 Å². The highest BCUT2D eigenvalue weighted by Crippen LogP contribution is 2.30. The van der Waals surface area contributed by atoms with Gasteiger partial charge in [-0.3, -0.25) is 14.9 Å². The Morgan fingerprint density at radius 3 is 2.35 bits per heavy atom. The van der Waals surface area contributed by atoms with Gasteiger partial charge in [0, 0.05) is 17.2 Å². The molecule has 1 heterocycles. The molecule has 1 fully saturated rings. The molecule has 2 aromatic carbocycles. The maximum atomic E-state index is 12.7. The predicted molar refractivity (Wildman–Crippen MR) is 96.9 cm³/mol. The first-order valence-corrected chi connectivity index (χ1v) is 8.44. The first-order chi connectivity index (χ1) is 12.3. The average Bonchev–Trinajstić information content (AvgIpc) is 3.43. The molecule has 0 amide bonds. The van der Waals surface area contributed by atoms with Gasteiger partial charge in [-0.2, -0.15) is 0 Å². The Morgan fingerprint density at radius 1 is 1.19 bits per heavy atom. The first-order valence-electron chi connectivity index (χ1n) is 8.44. The second-order valence-electron chi connectivity index (χ2n) is 7.36. The molecule has 0 aliphatic carbocycles. The largest absolute Gasteiger partial charge is 0.484 e. The normalized spacial score (nSPS) is 16.2. The number of nitro groups is 1. The van der Waals surface area contributed by atoms with Crippen LogP contribution in [0.15, 0.2) is 42.5 Å². The Hall–Kier alpha value is -2.73. The number of epoxide rings is 1. The number of carbonyl (C=O) groups is 1. The summed E-state index contributed by atoms with van der Waals surface area (Å²) < 4.78 is 10.5. The standard InChI is InChI=1S/C20H21NO5/c1-20(2,3)15-7-4-13(5-8-15)19(22)14-6-9-18(17(10-14)21(23)24)26-12-16-11-25-16/h4-10,16H,11-12H2,1-3H3. The van der Waals surface area contributed by atoms with Gasteiger partial charge in [0.15, 0.2) is 11.5 Å². The van der Waals surface area contributed by atoms with E-state index in [4.69, 9.17) is 9.47 Å². The van der Waals surface area contributed by atoms with Crippen LogP contribution in [0.3, 0.4) is 0 Å². The molecule has 26 heavy (non-hydrogen) atoms. The summed E-state index contributed by atoms with van der Waals surface area (Å²) in [6.45, 7) is 7.16. The lowest BCUT2D eigenvalue weighted by Crippen LogP contribution is -2.11. The lowest BCUT2D eigenvalue weighted by atomic mass is 9.86. The van der Waals surface area contributed by atoms with Gasteiger partial charge < -0.3 is 9.47 Å². The number of ketones is 1. The molecule has 1 unspecified atom stereocenters. The summed E-state index contributed by atoms with van der Waals surface area (Å²) in [6.07, 6.45) is -0.00255. The SMILES string of the molecule is CC(C)(C)c1ccc(C(=O)c2ccc(OCC3CO3)c([N+](=O)[O-])c2)cc1. The third-order valence-corrected chi connectivity index (χ3v) is 4.26. The molecule has 0 radical (unpaired) electrons. The fraction of sp³-hybridized carbons (Fsp3) is 0.350. The van der Waals surface area contributed by atoms with Gasteiger partial charge in [-0.1, -0.05) is 45.0 Å². The molecule has 3 rings (SSSR count). The number of rotatable bonds is 6. The minimum Gasteiger partial charge on any atom is -0.484 e. The fourth-order valence-electron chi connectivity index (χ4n) is 2.56. The van der Waals surface area contributed by atoms with Gasteiger partial charge in [0.1, 0.15) is 12.7 Å². The maximum Gasteiger partial charge on any atom is 0.311 e. The topological polar surface area (TPSA) is 82.0 Å². The zero-order valence-electron chi connectivity index (χ0n) is 15.0. The van der Waals surface area contributed by atoms with Crippen LogP contribution in [0.5, 0.6) is 5.75 Å². The highest BCUT2D eigenvalue weighted by atomic mass is 16.6. The molecule has 6 heteroatoms. The molecule has 136 valence electrons. The van der Waals surface area contributed by atoms with Crippen molar-refractivity contribution in [2.75, 3.05) is 13.2 Å².